The molecule has 21 heavy (non-hydrogen) atoms. The van der Waals surface area contributed by atoms with Crippen molar-refractivity contribution in [3.05, 3.63) is 69.7 Å². The lowest BCUT2D eigenvalue weighted by Gasteiger charge is -2.15. The van der Waals surface area contributed by atoms with Crippen LogP contribution in [0.2, 0.25) is 10.0 Å². The minimum absolute atomic E-state index is 0.148. The first-order chi connectivity index (χ1) is 9.97. The Morgan fingerprint density at radius 1 is 1.00 bits per heavy atom. The number of carbonyl (C=O) groups is 2. The van der Waals surface area contributed by atoms with Gasteiger partial charge in [0.05, 0.1) is 5.56 Å². The minimum Gasteiger partial charge on any atom is -0.444 e. The van der Waals surface area contributed by atoms with Crippen LogP contribution in [0.3, 0.4) is 0 Å². The second kappa shape index (κ2) is 6.61. The zero-order valence-corrected chi connectivity index (χ0v) is 12.3. The van der Waals surface area contributed by atoms with Crippen molar-refractivity contribution in [2.75, 3.05) is 0 Å². The highest BCUT2D eigenvalue weighted by Crippen LogP contribution is 2.23. The molecule has 0 radical (unpaired) electrons. The summed E-state index contributed by atoms with van der Waals surface area (Å²) >= 11 is 11.7. The Labute approximate surface area is 131 Å². The molecule has 2 aromatic carbocycles. The summed E-state index contributed by atoms with van der Waals surface area (Å²) in [5.74, 6) is -1.49. The lowest BCUT2D eigenvalue weighted by molar-refractivity contribution is -0.127. The van der Waals surface area contributed by atoms with Crippen LogP contribution in [0.25, 0.3) is 0 Å². The molecule has 0 saturated carbocycles. The molecule has 0 aliphatic heterocycles. The van der Waals surface area contributed by atoms with Gasteiger partial charge in [0.2, 0.25) is 6.10 Å². The smallest absolute Gasteiger partial charge is 0.339 e. The summed E-state index contributed by atoms with van der Waals surface area (Å²) in [4.78, 5) is 23.6. The number of halogens is 2. The molecular formula is C15H11Cl2NO3. The molecule has 2 N–H and O–H groups in total. The quantitative estimate of drug-likeness (QED) is 0.877. The van der Waals surface area contributed by atoms with Crippen molar-refractivity contribution in [1.82, 2.24) is 0 Å². The highest BCUT2D eigenvalue weighted by atomic mass is 35.5. The first-order valence-corrected chi connectivity index (χ1v) is 6.74. The molecule has 6 heteroatoms. The third kappa shape index (κ3) is 3.97. The fourth-order valence-corrected chi connectivity index (χ4v) is 2.29. The van der Waals surface area contributed by atoms with Gasteiger partial charge in [-0.2, -0.15) is 0 Å². The highest BCUT2D eigenvalue weighted by Gasteiger charge is 2.23. The van der Waals surface area contributed by atoms with Crippen LogP contribution in [-0.2, 0) is 9.53 Å². The molecule has 0 saturated heterocycles. The van der Waals surface area contributed by atoms with Crippen LogP contribution < -0.4 is 5.73 Å². The van der Waals surface area contributed by atoms with Gasteiger partial charge >= 0.3 is 5.97 Å². The van der Waals surface area contributed by atoms with E-state index in [1.165, 1.54) is 18.2 Å². The first kappa shape index (κ1) is 15.4. The second-order valence-electron chi connectivity index (χ2n) is 4.26. The zero-order valence-electron chi connectivity index (χ0n) is 10.8. The van der Waals surface area contributed by atoms with E-state index in [2.05, 4.69) is 0 Å². The van der Waals surface area contributed by atoms with Crippen molar-refractivity contribution in [3.8, 4) is 0 Å². The van der Waals surface area contributed by atoms with Crippen LogP contribution in [0.5, 0.6) is 0 Å². The third-order valence-electron chi connectivity index (χ3n) is 2.68. The highest BCUT2D eigenvalue weighted by molar-refractivity contribution is 6.35. The Morgan fingerprint density at radius 3 is 2.10 bits per heavy atom. The van der Waals surface area contributed by atoms with Gasteiger partial charge in [-0.25, -0.2) is 4.79 Å². The molecule has 0 fully saturated rings. The number of primary amides is 1. The van der Waals surface area contributed by atoms with Gasteiger partial charge in [-0.05, 0) is 18.2 Å². The molecule has 108 valence electrons. The summed E-state index contributed by atoms with van der Waals surface area (Å²) in [6.45, 7) is 0. The lowest BCUT2D eigenvalue weighted by atomic mass is 10.1. The van der Waals surface area contributed by atoms with Gasteiger partial charge in [-0.1, -0.05) is 53.5 Å². The van der Waals surface area contributed by atoms with Crippen molar-refractivity contribution < 1.29 is 14.3 Å². The monoisotopic (exact) mass is 323 g/mol. The van der Waals surface area contributed by atoms with E-state index in [-0.39, 0.29) is 5.56 Å². The number of rotatable bonds is 4. The molecule has 1 atom stereocenters. The molecule has 0 aliphatic carbocycles. The molecule has 2 rings (SSSR count). The molecule has 0 spiro atoms. The van der Waals surface area contributed by atoms with Crippen LogP contribution >= 0.6 is 23.2 Å². The van der Waals surface area contributed by atoms with Crippen molar-refractivity contribution in [2.24, 2.45) is 5.73 Å². The molecule has 4 nitrogen and oxygen atoms in total. The number of ether oxygens (including phenoxy) is 1. The third-order valence-corrected chi connectivity index (χ3v) is 3.12. The van der Waals surface area contributed by atoms with E-state index < -0.39 is 18.0 Å². The number of benzene rings is 2. The van der Waals surface area contributed by atoms with Gasteiger partial charge in [0, 0.05) is 15.6 Å². The molecule has 2 aromatic rings. The van der Waals surface area contributed by atoms with E-state index in [1.54, 1.807) is 30.3 Å². The SMILES string of the molecule is NC(=O)[C@H](OC(=O)c1cc(Cl)cc(Cl)c1)c1ccccc1. The molecular weight excluding hydrogens is 313 g/mol. The summed E-state index contributed by atoms with van der Waals surface area (Å²) < 4.78 is 5.16. The van der Waals surface area contributed by atoms with Crippen LogP contribution in [0.4, 0.5) is 0 Å². The largest absolute Gasteiger partial charge is 0.444 e. The number of hydrogen-bond acceptors (Lipinski definition) is 3. The van der Waals surface area contributed by atoms with E-state index in [9.17, 15) is 9.59 Å². The Hall–Kier alpha value is -2.04. The Kier molecular flexibility index (Phi) is 4.83. The van der Waals surface area contributed by atoms with Gasteiger partial charge in [-0.15, -0.1) is 0 Å². The molecule has 0 unspecified atom stereocenters. The topological polar surface area (TPSA) is 69.4 Å². The summed E-state index contributed by atoms with van der Waals surface area (Å²) in [5, 5.41) is 0.592. The lowest BCUT2D eigenvalue weighted by Crippen LogP contribution is -2.26. The van der Waals surface area contributed by atoms with Crippen LogP contribution in [-0.4, -0.2) is 11.9 Å². The zero-order chi connectivity index (χ0) is 15.4. The van der Waals surface area contributed by atoms with E-state index in [0.717, 1.165) is 0 Å². The van der Waals surface area contributed by atoms with E-state index in [1.807, 2.05) is 0 Å². The maximum absolute atomic E-state index is 12.1. The summed E-state index contributed by atoms with van der Waals surface area (Å²) in [7, 11) is 0. The second-order valence-corrected chi connectivity index (χ2v) is 5.13. The van der Waals surface area contributed by atoms with Crippen LogP contribution in [0.15, 0.2) is 48.5 Å². The minimum atomic E-state index is -1.17. The van der Waals surface area contributed by atoms with Gasteiger partial charge in [-0.3, -0.25) is 4.79 Å². The number of amides is 1. The van der Waals surface area contributed by atoms with E-state index in [0.29, 0.717) is 15.6 Å². The van der Waals surface area contributed by atoms with Crippen molar-refractivity contribution >= 4 is 35.1 Å². The standard InChI is InChI=1S/C15H11Cl2NO3/c16-11-6-10(7-12(17)8-11)15(20)21-13(14(18)19)9-4-2-1-3-5-9/h1-8,13H,(H2,18,19)/t13-/m1/s1. The van der Waals surface area contributed by atoms with Crippen LogP contribution in [0, 0.1) is 0 Å². The van der Waals surface area contributed by atoms with Gasteiger partial charge in [0.15, 0.2) is 0 Å². The first-order valence-electron chi connectivity index (χ1n) is 5.98. The average molecular weight is 324 g/mol. The molecule has 0 aromatic heterocycles. The number of esters is 1. The fraction of sp³-hybridized carbons (Fsp3) is 0.0667. The molecule has 1 amide bonds. The number of hydrogen-bond donors (Lipinski definition) is 1. The van der Waals surface area contributed by atoms with Gasteiger partial charge in [0.25, 0.3) is 5.91 Å². The summed E-state index contributed by atoms with van der Waals surface area (Å²) in [5.41, 5.74) is 5.93. The van der Waals surface area contributed by atoms with E-state index >= 15 is 0 Å². The molecule has 0 heterocycles. The van der Waals surface area contributed by atoms with E-state index in [4.69, 9.17) is 33.7 Å². The predicted octanol–water partition coefficient (Wildman–Crippen LogP) is 3.38. The summed E-state index contributed by atoms with van der Waals surface area (Å²) in [6, 6.07) is 12.8. The van der Waals surface area contributed by atoms with Crippen LogP contribution in [0.1, 0.15) is 22.0 Å². The number of nitrogens with two attached hydrogens (primary N) is 1. The van der Waals surface area contributed by atoms with Crippen molar-refractivity contribution in [3.63, 3.8) is 0 Å². The van der Waals surface area contributed by atoms with Gasteiger partial charge < -0.3 is 10.5 Å². The van der Waals surface area contributed by atoms with Crippen molar-refractivity contribution in [1.29, 1.82) is 0 Å². The Balaban J connectivity index is 2.25. The summed E-state index contributed by atoms with van der Waals surface area (Å²) in [6.07, 6.45) is -1.17. The van der Waals surface area contributed by atoms with Gasteiger partial charge in [0.1, 0.15) is 0 Å². The maximum Gasteiger partial charge on any atom is 0.339 e. The molecule has 0 bridgehead atoms. The maximum atomic E-state index is 12.1. The number of carbonyl (C=O) groups excluding carboxylic acids is 2. The Morgan fingerprint density at radius 2 is 1.57 bits per heavy atom. The predicted molar refractivity (Wildman–Crippen MR) is 80.3 cm³/mol. The molecule has 0 aliphatic rings. The Bertz CT molecular complexity index is 654. The van der Waals surface area contributed by atoms with Crippen molar-refractivity contribution in [2.45, 2.75) is 6.10 Å². The average Bonchev–Trinajstić information content (AvgIpc) is 2.44. The normalized spacial score (nSPS) is 11.7. The fourth-order valence-electron chi connectivity index (χ4n) is 1.76.